The van der Waals surface area contributed by atoms with Gasteiger partial charge < -0.3 is 16.0 Å². The van der Waals surface area contributed by atoms with E-state index in [4.69, 9.17) is 0 Å². The van der Waals surface area contributed by atoms with Crippen molar-refractivity contribution in [3.63, 3.8) is 0 Å². The molecule has 148 valence electrons. The van der Waals surface area contributed by atoms with Crippen LogP contribution in [0, 0.1) is 11.3 Å². The number of carbonyl (C=O) groups is 1. The van der Waals surface area contributed by atoms with Crippen molar-refractivity contribution in [2.75, 3.05) is 20.1 Å². The maximum atomic E-state index is 12.9. The standard InChI is InChI=1S/C16H29F3N4O.HI/c1-5-21-13(24)15(2,3)10-22-14(20-4)23-12-8-6-7-11(9-12)16(17,18)19;/h11-12H,5-10H2,1-4H3,(H,21,24)(H2,20,22,23);1H. The second kappa shape index (κ2) is 10.4. The minimum absolute atomic E-state index is 0. The summed E-state index contributed by atoms with van der Waals surface area (Å²) in [5.41, 5.74) is -0.644. The highest BCUT2D eigenvalue weighted by Crippen LogP contribution is 2.37. The van der Waals surface area contributed by atoms with Crippen LogP contribution in [-0.2, 0) is 4.79 Å². The number of aliphatic imine (C=N–C) groups is 1. The first-order chi connectivity index (χ1) is 11.1. The highest BCUT2D eigenvalue weighted by Gasteiger charge is 2.42. The molecule has 1 rings (SSSR count). The molecule has 1 amide bonds. The summed E-state index contributed by atoms with van der Waals surface area (Å²) in [5, 5.41) is 8.87. The molecular weight excluding hydrogens is 448 g/mol. The Labute approximate surface area is 165 Å². The highest BCUT2D eigenvalue weighted by molar-refractivity contribution is 14.0. The molecule has 0 aromatic heterocycles. The van der Waals surface area contributed by atoms with Crippen molar-refractivity contribution in [2.24, 2.45) is 16.3 Å². The van der Waals surface area contributed by atoms with Crippen LogP contribution in [0.25, 0.3) is 0 Å². The molecule has 0 aliphatic heterocycles. The molecule has 9 heteroatoms. The third kappa shape index (κ3) is 8.00. The van der Waals surface area contributed by atoms with Crippen LogP contribution in [-0.4, -0.2) is 44.2 Å². The van der Waals surface area contributed by atoms with Gasteiger partial charge in [-0.1, -0.05) is 6.42 Å². The van der Waals surface area contributed by atoms with Crippen molar-refractivity contribution < 1.29 is 18.0 Å². The summed E-state index contributed by atoms with van der Waals surface area (Å²) in [4.78, 5) is 16.0. The number of guanidine groups is 1. The Bertz CT molecular complexity index is 455. The molecule has 1 aliphatic rings. The third-order valence-electron chi connectivity index (χ3n) is 4.35. The van der Waals surface area contributed by atoms with Crippen LogP contribution in [0.5, 0.6) is 0 Å². The van der Waals surface area contributed by atoms with Crippen LogP contribution in [0.3, 0.4) is 0 Å². The summed E-state index contributed by atoms with van der Waals surface area (Å²) >= 11 is 0. The summed E-state index contributed by atoms with van der Waals surface area (Å²) in [6.07, 6.45) is -2.66. The van der Waals surface area contributed by atoms with Gasteiger partial charge in [-0.3, -0.25) is 9.79 Å². The maximum Gasteiger partial charge on any atom is 0.391 e. The van der Waals surface area contributed by atoms with Crippen LogP contribution in [0.2, 0.25) is 0 Å². The van der Waals surface area contributed by atoms with Crippen LogP contribution < -0.4 is 16.0 Å². The minimum Gasteiger partial charge on any atom is -0.356 e. The Hall–Kier alpha value is -0.740. The van der Waals surface area contributed by atoms with Crippen LogP contribution >= 0.6 is 24.0 Å². The highest BCUT2D eigenvalue weighted by atomic mass is 127. The molecule has 3 N–H and O–H groups in total. The Morgan fingerprint density at radius 3 is 2.36 bits per heavy atom. The lowest BCUT2D eigenvalue weighted by molar-refractivity contribution is -0.183. The first kappa shape index (κ1) is 24.3. The molecule has 2 atom stereocenters. The Kier molecular flexibility index (Phi) is 10.1. The molecule has 2 unspecified atom stereocenters. The number of hydrogen-bond acceptors (Lipinski definition) is 2. The van der Waals surface area contributed by atoms with Gasteiger partial charge in [-0.05, 0) is 40.0 Å². The fraction of sp³-hybridized carbons (Fsp3) is 0.875. The number of hydrogen-bond donors (Lipinski definition) is 3. The predicted octanol–water partition coefficient (Wildman–Crippen LogP) is 3.05. The van der Waals surface area contributed by atoms with Gasteiger partial charge in [-0.2, -0.15) is 13.2 Å². The summed E-state index contributed by atoms with van der Waals surface area (Å²) < 4.78 is 38.6. The van der Waals surface area contributed by atoms with Crippen molar-refractivity contribution in [2.45, 2.75) is 58.7 Å². The van der Waals surface area contributed by atoms with Gasteiger partial charge in [0.05, 0.1) is 11.3 Å². The van der Waals surface area contributed by atoms with E-state index in [2.05, 4.69) is 20.9 Å². The zero-order valence-corrected chi connectivity index (χ0v) is 17.6. The third-order valence-corrected chi connectivity index (χ3v) is 4.35. The molecule has 1 fully saturated rings. The van der Waals surface area contributed by atoms with Crippen molar-refractivity contribution in [3.05, 3.63) is 0 Å². The van der Waals surface area contributed by atoms with Crippen molar-refractivity contribution >= 4 is 35.8 Å². The van der Waals surface area contributed by atoms with E-state index in [1.54, 1.807) is 20.9 Å². The minimum atomic E-state index is -4.14. The maximum absolute atomic E-state index is 12.9. The number of halogens is 4. The normalized spacial score (nSPS) is 22.0. The lowest BCUT2D eigenvalue weighted by atomic mass is 9.85. The fourth-order valence-corrected chi connectivity index (χ4v) is 2.79. The van der Waals surface area contributed by atoms with Gasteiger partial charge in [0.15, 0.2) is 5.96 Å². The summed E-state index contributed by atoms with van der Waals surface area (Å²) in [6, 6.07) is -0.260. The lowest BCUT2D eigenvalue weighted by Gasteiger charge is -2.32. The van der Waals surface area contributed by atoms with E-state index in [0.29, 0.717) is 31.9 Å². The monoisotopic (exact) mass is 478 g/mol. The van der Waals surface area contributed by atoms with E-state index in [-0.39, 0.29) is 48.8 Å². The SMILES string of the molecule is CCNC(=O)C(C)(C)CNC(=NC)NC1CCCC(C(F)(F)F)C1.I. The van der Waals surface area contributed by atoms with Gasteiger partial charge in [0.25, 0.3) is 0 Å². The van der Waals surface area contributed by atoms with Gasteiger partial charge in [0, 0.05) is 26.2 Å². The largest absolute Gasteiger partial charge is 0.391 e. The van der Waals surface area contributed by atoms with Gasteiger partial charge in [0.1, 0.15) is 0 Å². The molecule has 0 bridgehead atoms. The molecule has 0 radical (unpaired) electrons. The van der Waals surface area contributed by atoms with Crippen LogP contribution in [0.15, 0.2) is 4.99 Å². The summed E-state index contributed by atoms with van der Waals surface area (Å²) in [7, 11) is 1.57. The lowest BCUT2D eigenvalue weighted by Crippen LogP contribution is -2.51. The second-order valence-corrected chi connectivity index (χ2v) is 6.92. The molecule has 0 saturated heterocycles. The first-order valence-electron chi connectivity index (χ1n) is 8.42. The molecule has 25 heavy (non-hydrogen) atoms. The Morgan fingerprint density at radius 2 is 1.84 bits per heavy atom. The van der Waals surface area contributed by atoms with E-state index in [1.807, 2.05) is 6.92 Å². The topological polar surface area (TPSA) is 65.5 Å². The van der Waals surface area contributed by atoms with Gasteiger partial charge in [0.2, 0.25) is 5.91 Å². The van der Waals surface area contributed by atoms with Gasteiger partial charge in [-0.15, -0.1) is 24.0 Å². The second-order valence-electron chi connectivity index (χ2n) is 6.92. The van der Waals surface area contributed by atoms with E-state index in [0.717, 1.165) is 0 Å². The molecular formula is C16H30F3IN4O. The Morgan fingerprint density at radius 1 is 1.20 bits per heavy atom. The predicted molar refractivity (Wildman–Crippen MR) is 104 cm³/mol. The number of alkyl halides is 3. The van der Waals surface area contributed by atoms with Crippen LogP contribution in [0.4, 0.5) is 13.2 Å². The number of amides is 1. The Balaban J connectivity index is 0.00000576. The number of nitrogens with one attached hydrogen (secondary N) is 3. The van der Waals surface area contributed by atoms with E-state index >= 15 is 0 Å². The zero-order valence-electron chi connectivity index (χ0n) is 15.3. The van der Waals surface area contributed by atoms with Gasteiger partial charge in [-0.25, -0.2) is 0 Å². The first-order valence-corrected chi connectivity index (χ1v) is 8.42. The van der Waals surface area contributed by atoms with E-state index in [1.165, 1.54) is 0 Å². The van der Waals surface area contributed by atoms with Crippen molar-refractivity contribution in [1.29, 1.82) is 0 Å². The summed E-state index contributed by atoms with van der Waals surface area (Å²) in [6.45, 7) is 6.35. The van der Waals surface area contributed by atoms with Crippen molar-refractivity contribution in [1.82, 2.24) is 16.0 Å². The number of carbonyl (C=O) groups excluding carboxylic acids is 1. The van der Waals surface area contributed by atoms with Crippen LogP contribution in [0.1, 0.15) is 46.5 Å². The molecule has 0 heterocycles. The number of nitrogens with zero attached hydrogens (tertiary/aromatic N) is 1. The zero-order chi connectivity index (χ0) is 18.4. The molecule has 1 saturated carbocycles. The smallest absolute Gasteiger partial charge is 0.356 e. The number of rotatable bonds is 5. The quantitative estimate of drug-likeness (QED) is 0.324. The molecule has 0 aromatic carbocycles. The van der Waals surface area contributed by atoms with E-state index in [9.17, 15) is 18.0 Å². The average molecular weight is 478 g/mol. The summed E-state index contributed by atoms with van der Waals surface area (Å²) in [5.74, 6) is -0.906. The molecule has 0 spiro atoms. The average Bonchev–Trinajstić information content (AvgIpc) is 2.51. The molecule has 5 nitrogen and oxygen atoms in total. The molecule has 0 aromatic rings. The van der Waals surface area contributed by atoms with Crippen molar-refractivity contribution in [3.8, 4) is 0 Å². The van der Waals surface area contributed by atoms with Gasteiger partial charge >= 0.3 is 6.18 Å². The van der Waals surface area contributed by atoms with E-state index < -0.39 is 17.5 Å². The fourth-order valence-electron chi connectivity index (χ4n) is 2.79. The molecule has 1 aliphatic carbocycles.